The molecule has 0 aliphatic rings. The van der Waals surface area contributed by atoms with E-state index in [0.29, 0.717) is 6.04 Å². The first-order valence-electron chi connectivity index (χ1n) is 7.06. The van der Waals surface area contributed by atoms with Gasteiger partial charge in [0.1, 0.15) is 5.82 Å². The van der Waals surface area contributed by atoms with Crippen molar-refractivity contribution in [1.29, 1.82) is 0 Å². The van der Waals surface area contributed by atoms with Crippen molar-refractivity contribution in [3.63, 3.8) is 0 Å². The Morgan fingerprint density at radius 2 is 2.00 bits per heavy atom. The van der Waals surface area contributed by atoms with Gasteiger partial charge in [0, 0.05) is 31.7 Å². The Bertz CT molecular complexity index is 370. The molecule has 0 fully saturated rings. The molecule has 0 aromatic carbocycles. The van der Waals surface area contributed by atoms with E-state index in [1.165, 1.54) is 11.4 Å². The van der Waals surface area contributed by atoms with E-state index in [-0.39, 0.29) is 0 Å². The third-order valence-electron chi connectivity index (χ3n) is 3.60. The normalized spacial score (nSPS) is 12.8. The number of rotatable bonds is 7. The maximum atomic E-state index is 4.58. The first-order chi connectivity index (χ1) is 8.56. The Labute approximate surface area is 111 Å². The van der Waals surface area contributed by atoms with Crippen LogP contribution in [0.2, 0.25) is 0 Å². The molecule has 0 aliphatic carbocycles. The zero-order valence-corrected chi connectivity index (χ0v) is 12.7. The van der Waals surface area contributed by atoms with Crippen LogP contribution in [0.15, 0.2) is 0 Å². The second-order valence-corrected chi connectivity index (χ2v) is 4.83. The fourth-order valence-electron chi connectivity index (χ4n) is 2.40. The lowest BCUT2D eigenvalue weighted by atomic mass is 10.1. The molecule has 1 aromatic rings. The van der Waals surface area contributed by atoms with E-state index < -0.39 is 0 Å². The van der Waals surface area contributed by atoms with Crippen LogP contribution in [-0.2, 0) is 13.6 Å². The highest BCUT2D eigenvalue weighted by Gasteiger charge is 2.20. The predicted octanol–water partition coefficient (Wildman–Crippen LogP) is 2.46. The van der Waals surface area contributed by atoms with Crippen LogP contribution in [0.1, 0.15) is 45.4 Å². The Morgan fingerprint density at radius 1 is 1.33 bits per heavy atom. The molecule has 0 amide bonds. The van der Waals surface area contributed by atoms with E-state index in [9.17, 15) is 0 Å². The SMILES string of the molecule is CCNCc1c(C)nn(C)c1N(CC)C(C)CC. The molecular formula is C14H28N4. The molecule has 18 heavy (non-hydrogen) atoms. The van der Waals surface area contributed by atoms with Crippen molar-refractivity contribution < 1.29 is 0 Å². The van der Waals surface area contributed by atoms with Gasteiger partial charge in [0.15, 0.2) is 0 Å². The number of hydrogen-bond acceptors (Lipinski definition) is 3. The van der Waals surface area contributed by atoms with Crippen molar-refractivity contribution in [2.75, 3.05) is 18.0 Å². The summed E-state index contributed by atoms with van der Waals surface area (Å²) in [4.78, 5) is 2.45. The maximum Gasteiger partial charge on any atom is 0.131 e. The number of aryl methyl sites for hydroxylation is 2. The monoisotopic (exact) mass is 252 g/mol. The summed E-state index contributed by atoms with van der Waals surface area (Å²) in [6.07, 6.45) is 1.15. The van der Waals surface area contributed by atoms with Gasteiger partial charge in [0.2, 0.25) is 0 Å². The zero-order chi connectivity index (χ0) is 13.7. The Balaban J connectivity index is 3.11. The predicted molar refractivity (Wildman–Crippen MR) is 78.1 cm³/mol. The van der Waals surface area contributed by atoms with Crippen LogP contribution in [0.5, 0.6) is 0 Å². The third kappa shape index (κ3) is 3.05. The number of hydrogen-bond donors (Lipinski definition) is 1. The van der Waals surface area contributed by atoms with Crippen molar-refractivity contribution in [3.05, 3.63) is 11.3 Å². The molecule has 0 saturated carbocycles. The first kappa shape index (κ1) is 15.0. The van der Waals surface area contributed by atoms with Crippen LogP contribution in [0, 0.1) is 6.92 Å². The molecule has 1 aromatic heterocycles. The summed E-state index contributed by atoms with van der Waals surface area (Å²) >= 11 is 0. The maximum absolute atomic E-state index is 4.58. The van der Waals surface area contributed by atoms with Crippen molar-refractivity contribution in [3.8, 4) is 0 Å². The van der Waals surface area contributed by atoms with Gasteiger partial charge in [-0.25, -0.2) is 0 Å². The lowest BCUT2D eigenvalue weighted by molar-refractivity contribution is 0.595. The molecular weight excluding hydrogens is 224 g/mol. The molecule has 0 radical (unpaired) electrons. The Hall–Kier alpha value is -1.03. The van der Waals surface area contributed by atoms with Gasteiger partial charge in [-0.1, -0.05) is 13.8 Å². The molecule has 1 N–H and O–H groups in total. The summed E-state index contributed by atoms with van der Waals surface area (Å²) in [6, 6.07) is 0.546. The molecule has 4 nitrogen and oxygen atoms in total. The van der Waals surface area contributed by atoms with Gasteiger partial charge < -0.3 is 10.2 Å². The van der Waals surface area contributed by atoms with Crippen LogP contribution in [0.25, 0.3) is 0 Å². The van der Waals surface area contributed by atoms with Crippen LogP contribution >= 0.6 is 0 Å². The van der Waals surface area contributed by atoms with Gasteiger partial charge in [-0.15, -0.1) is 0 Å². The summed E-state index contributed by atoms with van der Waals surface area (Å²) in [7, 11) is 2.04. The highest BCUT2D eigenvalue weighted by molar-refractivity contribution is 5.50. The minimum absolute atomic E-state index is 0.546. The van der Waals surface area contributed by atoms with Crippen molar-refractivity contribution in [2.24, 2.45) is 7.05 Å². The van der Waals surface area contributed by atoms with Gasteiger partial charge in [-0.3, -0.25) is 4.68 Å². The molecule has 1 atom stereocenters. The fraction of sp³-hybridized carbons (Fsp3) is 0.786. The van der Waals surface area contributed by atoms with Crippen molar-refractivity contribution in [1.82, 2.24) is 15.1 Å². The van der Waals surface area contributed by atoms with Gasteiger partial charge in [-0.2, -0.15) is 5.10 Å². The van der Waals surface area contributed by atoms with E-state index in [2.05, 4.69) is 49.9 Å². The zero-order valence-electron chi connectivity index (χ0n) is 12.7. The summed E-state index contributed by atoms with van der Waals surface area (Å²) in [5.74, 6) is 1.27. The topological polar surface area (TPSA) is 33.1 Å². The smallest absolute Gasteiger partial charge is 0.131 e. The van der Waals surface area contributed by atoms with Crippen LogP contribution in [-0.4, -0.2) is 28.9 Å². The van der Waals surface area contributed by atoms with Crippen LogP contribution in [0.4, 0.5) is 5.82 Å². The Kier molecular flexibility index (Phi) is 5.66. The lowest BCUT2D eigenvalue weighted by Gasteiger charge is -2.30. The highest BCUT2D eigenvalue weighted by atomic mass is 15.4. The average molecular weight is 252 g/mol. The molecule has 104 valence electrons. The van der Waals surface area contributed by atoms with Crippen molar-refractivity contribution >= 4 is 5.82 Å². The highest BCUT2D eigenvalue weighted by Crippen LogP contribution is 2.25. The second-order valence-electron chi connectivity index (χ2n) is 4.83. The van der Waals surface area contributed by atoms with E-state index in [0.717, 1.165) is 31.7 Å². The average Bonchev–Trinajstić information content (AvgIpc) is 2.63. The molecule has 1 unspecified atom stereocenters. The van der Waals surface area contributed by atoms with Gasteiger partial charge >= 0.3 is 0 Å². The number of aromatic nitrogens is 2. The standard InChI is InChI=1S/C14H28N4/c1-7-11(4)18(9-3)14-13(10-15-8-2)12(5)16-17(14)6/h11,15H,7-10H2,1-6H3. The molecule has 1 heterocycles. The first-order valence-corrected chi connectivity index (χ1v) is 7.06. The third-order valence-corrected chi connectivity index (χ3v) is 3.60. The molecule has 0 spiro atoms. The summed E-state index contributed by atoms with van der Waals surface area (Å²) in [6.45, 7) is 13.9. The molecule has 1 rings (SSSR count). The minimum atomic E-state index is 0.546. The van der Waals surface area contributed by atoms with E-state index >= 15 is 0 Å². The molecule has 0 bridgehead atoms. The molecule has 0 aliphatic heterocycles. The minimum Gasteiger partial charge on any atom is -0.354 e. The summed E-state index contributed by atoms with van der Waals surface area (Å²) in [5.41, 5.74) is 2.47. The van der Waals surface area contributed by atoms with Crippen LogP contribution < -0.4 is 10.2 Å². The quantitative estimate of drug-likeness (QED) is 0.809. The second kappa shape index (κ2) is 6.78. The van der Waals surface area contributed by atoms with Gasteiger partial charge in [-0.05, 0) is 33.7 Å². The largest absolute Gasteiger partial charge is 0.354 e. The van der Waals surface area contributed by atoms with E-state index in [1.807, 2.05) is 11.7 Å². The summed E-state index contributed by atoms with van der Waals surface area (Å²) in [5, 5.41) is 8.00. The van der Waals surface area contributed by atoms with E-state index in [1.54, 1.807) is 0 Å². The van der Waals surface area contributed by atoms with E-state index in [4.69, 9.17) is 0 Å². The number of anilines is 1. The Morgan fingerprint density at radius 3 is 2.50 bits per heavy atom. The molecule has 0 saturated heterocycles. The fourth-order valence-corrected chi connectivity index (χ4v) is 2.40. The van der Waals surface area contributed by atoms with Gasteiger partial charge in [0.05, 0.1) is 5.69 Å². The van der Waals surface area contributed by atoms with Gasteiger partial charge in [0.25, 0.3) is 0 Å². The number of nitrogens with zero attached hydrogens (tertiary/aromatic N) is 3. The molecule has 4 heteroatoms. The number of nitrogens with one attached hydrogen (secondary N) is 1. The summed E-state index contributed by atoms with van der Waals surface area (Å²) < 4.78 is 2.03. The lowest BCUT2D eigenvalue weighted by Crippen LogP contribution is -2.35. The van der Waals surface area contributed by atoms with Crippen LogP contribution in [0.3, 0.4) is 0 Å². The van der Waals surface area contributed by atoms with Crippen molar-refractivity contribution in [2.45, 2.75) is 53.6 Å².